The molecule has 0 spiro atoms. The zero-order chi connectivity index (χ0) is 21.5. The molecule has 0 aromatic heterocycles. The molecule has 1 aliphatic heterocycles. The smallest absolute Gasteiger partial charge is 0.239 e. The zero-order valence-corrected chi connectivity index (χ0v) is 17.3. The van der Waals surface area contributed by atoms with E-state index in [4.69, 9.17) is 0 Å². The molecule has 4 nitrogen and oxygen atoms in total. The molecule has 1 fully saturated rings. The van der Waals surface area contributed by atoms with Gasteiger partial charge in [-0.25, -0.2) is 4.90 Å². The van der Waals surface area contributed by atoms with Gasteiger partial charge in [-0.15, -0.1) is 0 Å². The lowest BCUT2D eigenvalue weighted by atomic mass is 9.46. The molecule has 0 N–H and O–H groups in total. The van der Waals surface area contributed by atoms with Gasteiger partial charge in [0.1, 0.15) is 5.78 Å². The van der Waals surface area contributed by atoms with Crippen LogP contribution < -0.4 is 4.90 Å². The van der Waals surface area contributed by atoms with Crippen molar-refractivity contribution in [3.63, 3.8) is 0 Å². The highest BCUT2D eigenvalue weighted by molar-refractivity contribution is 6.25. The minimum absolute atomic E-state index is 0.0900. The summed E-state index contributed by atoms with van der Waals surface area (Å²) >= 11 is 0. The second-order valence-electron chi connectivity index (χ2n) is 8.87. The fourth-order valence-corrected chi connectivity index (χ4v) is 6.39. The highest BCUT2D eigenvalue weighted by Gasteiger charge is 2.69. The highest BCUT2D eigenvalue weighted by Crippen LogP contribution is 2.64. The third-order valence-electron chi connectivity index (χ3n) is 7.43. The number of hydrogen-bond donors (Lipinski definition) is 0. The van der Waals surface area contributed by atoms with Crippen molar-refractivity contribution in [1.82, 2.24) is 0 Å². The van der Waals surface area contributed by atoms with Gasteiger partial charge in [0, 0.05) is 5.92 Å². The number of carbonyl (C=O) groups excluding carboxylic acids is 3. The predicted octanol–water partition coefficient (Wildman–Crippen LogP) is 4.13. The third-order valence-corrected chi connectivity index (χ3v) is 7.43. The minimum atomic E-state index is -1.14. The predicted molar refractivity (Wildman–Crippen MR) is 117 cm³/mol. The van der Waals surface area contributed by atoms with E-state index in [1.807, 2.05) is 73.7 Å². The monoisotopic (exact) mass is 407 g/mol. The molecule has 0 unspecified atom stereocenters. The van der Waals surface area contributed by atoms with E-state index in [1.54, 1.807) is 13.0 Å². The van der Waals surface area contributed by atoms with Gasteiger partial charge in [-0.2, -0.15) is 0 Å². The SMILES string of the molecule is CC(=O)C12c3ccccc3C(c3ccccc31)[C@H]1C(=O)N(c3cccc(C)c3)C(=O)[C@H]12. The second-order valence-corrected chi connectivity index (χ2v) is 8.87. The summed E-state index contributed by atoms with van der Waals surface area (Å²) in [6.45, 7) is 3.50. The summed E-state index contributed by atoms with van der Waals surface area (Å²) in [7, 11) is 0. The Kier molecular flexibility index (Phi) is 3.54. The van der Waals surface area contributed by atoms with Crippen LogP contribution in [0.4, 0.5) is 5.69 Å². The van der Waals surface area contributed by atoms with Crippen molar-refractivity contribution in [3.05, 3.63) is 101 Å². The van der Waals surface area contributed by atoms with E-state index in [2.05, 4.69) is 0 Å². The number of ketones is 1. The summed E-state index contributed by atoms with van der Waals surface area (Å²) in [5.41, 5.74) is 4.14. The summed E-state index contributed by atoms with van der Waals surface area (Å²) in [5.74, 6) is -2.11. The fourth-order valence-electron chi connectivity index (χ4n) is 6.39. The summed E-state index contributed by atoms with van der Waals surface area (Å²) in [6, 6.07) is 23.1. The van der Waals surface area contributed by atoms with Crippen LogP contribution in [0.2, 0.25) is 0 Å². The maximum Gasteiger partial charge on any atom is 0.239 e. The number of aryl methyl sites for hydroxylation is 1. The van der Waals surface area contributed by atoms with E-state index >= 15 is 0 Å². The second kappa shape index (κ2) is 6.01. The lowest BCUT2D eigenvalue weighted by Gasteiger charge is -2.52. The van der Waals surface area contributed by atoms with Gasteiger partial charge in [-0.3, -0.25) is 14.4 Å². The van der Waals surface area contributed by atoms with Gasteiger partial charge in [0.05, 0.1) is 22.9 Å². The number of carbonyl (C=O) groups is 3. The Morgan fingerprint density at radius 3 is 2.03 bits per heavy atom. The van der Waals surface area contributed by atoms with Gasteiger partial charge in [0.15, 0.2) is 0 Å². The average molecular weight is 407 g/mol. The van der Waals surface area contributed by atoms with E-state index in [0.29, 0.717) is 5.69 Å². The van der Waals surface area contributed by atoms with Crippen LogP contribution in [0.1, 0.15) is 40.7 Å². The van der Waals surface area contributed by atoms with Crippen molar-refractivity contribution in [3.8, 4) is 0 Å². The Morgan fingerprint density at radius 1 is 0.839 bits per heavy atom. The van der Waals surface area contributed by atoms with Crippen LogP contribution in [0.5, 0.6) is 0 Å². The first-order valence-corrected chi connectivity index (χ1v) is 10.6. The highest BCUT2D eigenvalue weighted by atomic mass is 16.2. The number of nitrogens with zero attached hydrogens (tertiary/aromatic N) is 1. The van der Waals surface area contributed by atoms with Crippen molar-refractivity contribution in [2.75, 3.05) is 4.90 Å². The number of anilines is 1. The summed E-state index contributed by atoms with van der Waals surface area (Å²) in [5, 5.41) is 0. The molecule has 1 saturated heterocycles. The van der Waals surface area contributed by atoms with Gasteiger partial charge in [0.25, 0.3) is 0 Å². The molecule has 2 bridgehead atoms. The molecule has 152 valence electrons. The fraction of sp³-hybridized carbons (Fsp3) is 0.222. The Hall–Kier alpha value is -3.53. The largest absolute Gasteiger partial charge is 0.299 e. The van der Waals surface area contributed by atoms with E-state index < -0.39 is 17.3 Å². The first kappa shape index (κ1) is 18.3. The zero-order valence-electron chi connectivity index (χ0n) is 17.3. The van der Waals surface area contributed by atoms with Gasteiger partial charge >= 0.3 is 0 Å². The normalized spacial score (nSPS) is 27.7. The first-order valence-electron chi connectivity index (χ1n) is 10.6. The summed E-state index contributed by atoms with van der Waals surface area (Å²) < 4.78 is 0. The Morgan fingerprint density at radius 2 is 1.45 bits per heavy atom. The summed E-state index contributed by atoms with van der Waals surface area (Å²) in [6.07, 6.45) is 0. The number of benzene rings is 3. The number of hydrogen-bond acceptors (Lipinski definition) is 3. The lowest BCUT2D eigenvalue weighted by Crippen LogP contribution is -2.57. The molecule has 1 heterocycles. The molecule has 31 heavy (non-hydrogen) atoms. The topological polar surface area (TPSA) is 54.5 Å². The number of amides is 2. The maximum atomic E-state index is 13.9. The van der Waals surface area contributed by atoms with Crippen LogP contribution in [-0.2, 0) is 19.8 Å². The molecule has 0 saturated carbocycles. The molecule has 2 atom stereocenters. The quantitative estimate of drug-likeness (QED) is 0.600. The van der Waals surface area contributed by atoms with Gasteiger partial charge < -0.3 is 0 Å². The van der Waals surface area contributed by atoms with Crippen molar-refractivity contribution >= 4 is 23.3 Å². The number of Topliss-reactive ketones (excluding diaryl/α,β-unsaturated/α-hetero) is 1. The Balaban J connectivity index is 1.68. The van der Waals surface area contributed by atoms with Crippen molar-refractivity contribution in [2.45, 2.75) is 25.2 Å². The van der Waals surface area contributed by atoms with Crippen LogP contribution in [-0.4, -0.2) is 17.6 Å². The van der Waals surface area contributed by atoms with Crippen LogP contribution in [0, 0.1) is 18.8 Å². The molecule has 7 rings (SSSR count). The standard InChI is InChI=1S/C27H21NO3/c1-15-8-7-9-17(14-15)28-25(30)23-22-18-10-3-5-12-20(18)27(16(2)29,24(23)26(28)31)21-13-6-4-11-19(21)22/h3-14,22-24H,1-2H3/t22?,23-,24+,27?/m1/s1. The molecule has 2 amide bonds. The maximum absolute atomic E-state index is 13.9. The lowest BCUT2D eigenvalue weighted by molar-refractivity contribution is -0.132. The van der Waals surface area contributed by atoms with Crippen molar-refractivity contribution < 1.29 is 14.4 Å². The third kappa shape index (κ3) is 2.03. The first-order chi connectivity index (χ1) is 15.0. The molecule has 0 radical (unpaired) electrons. The van der Waals surface area contributed by atoms with Crippen LogP contribution >= 0.6 is 0 Å². The van der Waals surface area contributed by atoms with E-state index in [1.165, 1.54) is 4.90 Å². The van der Waals surface area contributed by atoms with E-state index in [0.717, 1.165) is 27.8 Å². The minimum Gasteiger partial charge on any atom is -0.299 e. The molecule has 4 aliphatic rings. The van der Waals surface area contributed by atoms with Gasteiger partial charge in [0.2, 0.25) is 11.8 Å². The Bertz CT molecular complexity index is 1260. The van der Waals surface area contributed by atoms with Crippen molar-refractivity contribution in [2.24, 2.45) is 11.8 Å². The molecule has 4 heteroatoms. The molecular formula is C27H21NO3. The molecule has 3 aliphatic carbocycles. The van der Waals surface area contributed by atoms with Gasteiger partial charge in [-0.1, -0.05) is 60.7 Å². The Labute approximate surface area is 180 Å². The number of rotatable bonds is 2. The van der Waals surface area contributed by atoms with Crippen LogP contribution in [0.25, 0.3) is 0 Å². The molecule has 3 aromatic rings. The summed E-state index contributed by atoms with van der Waals surface area (Å²) in [4.78, 5) is 42.6. The van der Waals surface area contributed by atoms with Crippen molar-refractivity contribution in [1.29, 1.82) is 0 Å². The van der Waals surface area contributed by atoms with Crippen LogP contribution in [0.3, 0.4) is 0 Å². The van der Waals surface area contributed by atoms with Gasteiger partial charge in [-0.05, 0) is 53.8 Å². The van der Waals surface area contributed by atoms with Crippen LogP contribution in [0.15, 0.2) is 72.8 Å². The molecular weight excluding hydrogens is 386 g/mol. The number of imide groups is 1. The average Bonchev–Trinajstić information content (AvgIpc) is 3.04. The van der Waals surface area contributed by atoms with E-state index in [9.17, 15) is 14.4 Å². The molecule has 3 aromatic carbocycles. The van der Waals surface area contributed by atoms with E-state index in [-0.39, 0.29) is 23.5 Å².